The second-order valence-corrected chi connectivity index (χ2v) is 10.5. The summed E-state index contributed by atoms with van der Waals surface area (Å²) in [5.74, 6) is 0.558. The van der Waals surface area contributed by atoms with Crippen LogP contribution in [0.15, 0.2) is 66.7 Å². The first-order valence-corrected chi connectivity index (χ1v) is 13.4. The van der Waals surface area contributed by atoms with E-state index in [0.717, 1.165) is 33.3 Å². The molecule has 0 unspecified atom stereocenters. The fourth-order valence-corrected chi connectivity index (χ4v) is 4.82. The summed E-state index contributed by atoms with van der Waals surface area (Å²) in [6.07, 6.45) is -0.668. The summed E-state index contributed by atoms with van der Waals surface area (Å²) in [5.41, 5.74) is 7.51. The van der Waals surface area contributed by atoms with Crippen molar-refractivity contribution >= 4 is 22.8 Å². The van der Waals surface area contributed by atoms with Gasteiger partial charge >= 0.3 is 5.97 Å². The summed E-state index contributed by atoms with van der Waals surface area (Å²) in [7, 11) is 1.35. The minimum atomic E-state index is -0.668. The Kier molecular flexibility index (Phi) is 8.44. The first-order chi connectivity index (χ1) is 18.6. The van der Waals surface area contributed by atoms with E-state index in [1.165, 1.54) is 12.7 Å². The van der Waals surface area contributed by atoms with Gasteiger partial charge in [-0.3, -0.25) is 4.79 Å². The number of nitrogens with zero attached hydrogens (tertiary/aromatic N) is 1. The van der Waals surface area contributed by atoms with E-state index in [-0.39, 0.29) is 11.9 Å². The lowest BCUT2D eigenvalue weighted by atomic mass is 9.98. The van der Waals surface area contributed by atoms with Gasteiger partial charge in [0.25, 0.3) is 5.91 Å². The zero-order valence-corrected chi connectivity index (χ0v) is 23.9. The average Bonchev–Trinajstić information content (AvgIpc) is 3.17. The number of esters is 1. The maximum absolute atomic E-state index is 13.2. The number of carbonyl (C=O) groups excluding carboxylic acids is 2. The number of ether oxygens (including phenoxy) is 2. The molecule has 0 spiro atoms. The minimum Gasteiger partial charge on any atom is -0.479 e. The van der Waals surface area contributed by atoms with E-state index < -0.39 is 12.1 Å². The molecule has 0 aliphatic rings. The van der Waals surface area contributed by atoms with Gasteiger partial charge in [0.2, 0.25) is 0 Å². The number of hydrogen-bond donors (Lipinski definition) is 1. The molecule has 204 valence electrons. The Hall–Kier alpha value is -4.06. The van der Waals surface area contributed by atoms with Crippen LogP contribution < -0.4 is 10.1 Å². The smallest absolute Gasteiger partial charge is 0.346 e. The highest BCUT2D eigenvalue weighted by Gasteiger charge is 2.17. The van der Waals surface area contributed by atoms with E-state index in [1.807, 2.05) is 49.4 Å². The highest BCUT2D eigenvalue weighted by molar-refractivity contribution is 5.99. The molecule has 0 radical (unpaired) electrons. The molecule has 1 N–H and O–H groups in total. The Morgan fingerprint density at radius 3 is 2.26 bits per heavy atom. The number of fused-ring (bicyclic) bond motifs is 1. The van der Waals surface area contributed by atoms with Crippen molar-refractivity contribution in [3.63, 3.8) is 0 Å². The van der Waals surface area contributed by atoms with E-state index in [2.05, 4.69) is 61.8 Å². The Bertz CT molecular complexity index is 1480. The predicted molar refractivity (Wildman–Crippen MR) is 155 cm³/mol. The Morgan fingerprint density at radius 2 is 1.59 bits per heavy atom. The van der Waals surface area contributed by atoms with E-state index in [4.69, 9.17) is 9.47 Å². The van der Waals surface area contributed by atoms with E-state index in [0.29, 0.717) is 23.8 Å². The van der Waals surface area contributed by atoms with Gasteiger partial charge in [-0.1, -0.05) is 50.2 Å². The molecule has 3 aromatic carbocycles. The molecule has 6 nitrogen and oxygen atoms in total. The van der Waals surface area contributed by atoms with Crippen molar-refractivity contribution < 1.29 is 19.1 Å². The van der Waals surface area contributed by atoms with Crippen LogP contribution in [0, 0.1) is 13.8 Å². The summed E-state index contributed by atoms with van der Waals surface area (Å²) in [6, 6.07) is 22.0. The Balaban J connectivity index is 1.51. The van der Waals surface area contributed by atoms with Crippen LogP contribution in [-0.2, 0) is 16.1 Å². The zero-order chi connectivity index (χ0) is 28.3. The van der Waals surface area contributed by atoms with E-state index >= 15 is 0 Å². The third-order valence-corrected chi connectivity index (χ3v) is 7.44. The van der Waals surface area contributed by atoms with Crippen LogP contribution in [0.5, 0.6) is 5.75 Å². The second-order valence-electron chi connectivity index (χ2n) is 10.5. The van der Waals surface area contributed by atoms with E-state index in [1.54, 1.807) is 6.92 Å². The molecule has 0 fully saturated rings. The lowest BCUT2D eigenvalue weighted by molar-refractivity contribution is -0.147. The molecule has 4 rings (SSSR count). The third-order valence-electron chi connectivity index (χ3n) is 7.44. The molecule has 1 amide bonds. The summed E-state index contributed by atoms with van der Waals surface area (Å²) < 4.78 is 12.6. The summed E-state index contributed by atoms with van der Waals surface area (Å²) >= 11 is 0. The topological polar surface area (TPSA) is 69.6 Å². The largest absolute Gasteiger partial charge is 0.479 e. The lowest BCUT2D eigenvalue weighted by Gasteiger charge is -2.16. The van der Waals surface area contributed by atoms with Crippen LogP contribution in [0.25, 0.3) is 10.9 Å². The fraction of sp³-hybridized carbons (Fsp3) is 0.333. The highest BCUT2D eigenvalue weighted by atomic mass is 16.6. The van der Waals surface area contributed by atoms with Crippen molar-refractivity contribution in [1.29, 1.82) is 0 Å². The number of aromatic nitrogens is 1. The maximum Gasteiger partial charge on any atom is 0.346 e. The van der Waals surface area contributed by atoms with Crippen molar-refractivity contribution in [2.24, 2.45) is 0 Å². The molecule has 6 heteroatoms. The van der Waals surface area contributed by atoms with Crippen molar-refractivity contribution in [2.45, 2.75) is 66.2 Å². The summed E-state index contributed by atoms with van der Waals surface area (Å²) in [5, 5.41) is 4.24. The zero-order valence-electron chi connectivity index (χ0n) is 23.9. The molecule has 39 heavy (non-hydrogen) atoms. The molecular weight excluding hydrogens is 488 g/mol. The summed E-state index contributed by atoms with van der Waals surface area (Å²) in [6.45, 7) is 12.9. The SMILES string of the molecule is COC(=O)[C@H](C)Oc1ccc(Cn2c(C)c(C)c3cc(C(=O)N[C@@H](C)c4cccc(C(C)C)c4)ccc32)cc1. The van der Waals surface area contributed by atoms with Gasteiger partial charge in [0, 0.05) is 28.7 Å². The number of nitrogens with one attached hydrogen (secondary N) is 1. The van der Waals surface area contributed by atoms with Gasteiger partial charge in [-0.2, -0.15) is 0 Å². The van der Waals surface area contributed by atoms with Crippen molar-refractivity contribution in [1.82, 2.24) is 9.88 Å². The van der Waals surface area contributed by atoms with Gasteiger partial charge in [0.15, 0.2) is 6.10 Å². The van der Waals surface area contributed by atoms with Crippen molar-refractivity contribution in [3.05, 3.63) is 100 Å². The van der Waals surface area contributed by atoms with Crippen LogP contribution in [-0.4, -0.2) is 29.7 Å². The molecule has 0 saturated carbocycles. The third kappa shape index (κ3) is 6.17. The number of carbonyl (C=O) groups is 2. The van der Waals surface area contributed by atoms with Gasteiger partial charge in [-0.25, -0.2) is 4.79 Å². The van der Waals surface area contributed by atoms with Crippen LogP contribution >= 0.6 is 0 Å². The summed E-state index contributed by atoms with van der Waals surface area (Å²) in [4.78, 5) is 24.8. The number of rotatable bonds is 9. The average molecular weight is 527 g/mol. The number of methoxy groups -OCH3 is 1. The van der Waals surface area contributed by atoms with Crippen molar-refractivity contribution in [3.8, 4) is 5.75 Å². The Morgan fingerprint density at radius 1 is 0.897 bits per heavy atom. The first kappa shape index (κ1) is 28.0. The molecule has 4 aromatic rings. The predicted octanol–water partition coefficient (Wildman–Crippen LogP) is 6.86. The Labute approximate surface area is 230 Å². The van der Waals surface area contributed by atoms with Gasteiger partial charge in [-0.15, -0.1) is 0 Å². The number of aryl methyl sites for hydroxylation is 1. The molecule has 0 aliphatic heterocycles. The second kappa shape index (κ2) is 11.8. The minimum absolute atomic E-state index is 0.0825. The van der Waals surface area contributed by atoms with Crippen LogP contribution in [0.1, 0.15) is 78.0 Å². The molecule has 2 atom stereocenters. The standard InChI is InChI=1S/C33H38N2O4/c1-20(2)26-9-8-10-27(17-26)22(4)34-32(36)28-13-16-31-30(18-28)21(3)23(5)35(31)19-25-11-14-29(15-12-25)39-24(6)33(37)38-7/h8-18,20,22,24H,19H2,1-7H3,(H,34,36)/t22-,24-/m0/s1. The number of benzene rings is 3. The van der Waals surface area contributed by atoms with Crippen LogP contribution in [0.3, 0.4) is 0 Å². The van der Waals surface area contributed by atoms with Gasteiger partial charge in [-0.05, 0) is 86.2 Å². The first-order valence-electron chi connectivity index (χ1n) is 13.4. The monoisotopic (exact) mass is 526 g/mol. The van der Waals surface area contributed by atoms with Gasteiger partial charge in [0.05, 0.1) is 13.2 Å². The van der Waals surface area contributed by atoms with Gasteiger partial charge < -0.3 is 19.4 Å². The van der Waals surface area contributed by atoms with E-state index in [9.17, 15) is 9.59 Å². The van der Waals surface area contributed by atoms with Crippen LogP contribution in [0.4, 0.5) is 0 Å². The van der Waals surface area contributed by atoms with Crippen LogP contribution in [0.2, 0.25) is 0 Å². The molecular formula is C33H38N2O4. The van der Waals surface area contributed by atoms with Crippen molar-refractivity contribution in [2.75, 3.05) is 7.11 Å². The fourth-order valence-electron chi connectivity index (χ4n) is 4.82. The molecule has 0 aliphatic carbocycles. The van der Waals surface area contributed by atoms with Gasteiger partial charge in [0.1, 0.15) is 5.75 Å². The lowest BCUT2D eigenvalue weighted by Crippen LogP contribution is -2.26. The highest BCUT2D eigenvalue weighted by Crippen LogP contribution is 2.28. The molecule has 1 aromatic heterocycles. The molecule has 0 saturated heterocycles. The molecule has 0 bridgehead atoms. The number of amides is 1. The normalized spacial score (nSPS) is 12.8. The maximum atomic E-state index is 13.2. The quantitative estimate of drug-likeness (QED) is 0.242. The number of hydrogen-bond acceptors (Lipinski definition) is 4. The molecule has 1 heterocycles.